The number of anilines is 14. The lowest BCUT2D eigenvalue weighted by Gasteiger charge is -2.41. The van der Waals surface area contributed by atoms with Gasteiger partial charge in [0.1, 0.15) is 8.07 Å². The Balaban J connectivity index is 0.000000106. The Hall–Kier alpha value is -14.0. The van der Waals surface area contributed by atoms with Crippen molar-refractivity contribution in [2.24, 2.45) is 0 Å². The summed E-state index contributed by atoms with van der Waals surface area (Å²) in [6, 6.07) is 147. The average molecular weight is 1630 g/mol. The van der Waals surface area contributed by atoms with Crippen molar-refractivity contribution < 1.29 is 0 Å². The number of nitrogens with zero attached hydrogens (tertiary/aromatic N) is 6. The van der Waals surface area contributed by atoms with Crippen LogP contribution in [0.5, 0.6) is 0 Å². The van der Waals surface area contributed by atoms with Crippen LogP contribution in [0.1, 0.15) is 78.4 Å². The molecule has 1 aromatic heterocycles. The lowest BCUT2D eigenvalue weighted by atomic mass is 9.80. The summed E-state index contributed by atoms with van der Waals surface area (Å²) < 4.78 is 0. The normalized spacial score (nSPS) is 13.5. The maximum Gasteiger partial charge on any atom is 0.117 e. The van der Waals surface area contributed by atoms with E-state index in [2.05, 4.69) is 473 Å². The fourth-order valence-corrected chi connectivity index (χ4v) is 21.6. The molecule has 5 aliphatic rings. The molecule has 0 saturated carbocycles. The second kappa shape index (κ2) is 36.9. The summed E-state index contributed by atoms with van der Waals surface area (Å²) in [4.78, 5) is 18.9. The van der Waals surface area contributed by atoms with E-state index in [1.165, 1.54) is 172 Å². The van der Waals surface area contributed by atoms with Crippen molar-refractivity contribution in [1.82, 2.24) is 4.98 Å². The Labute approximate surface area is 732 Å². The standard InChI is InChI=1S/C26H21N.C21H21NSi.C21H17N.C19H15NS.C16H17N.C12H11N/c1-19-16-17-23-25(18-19)27(21-12-6-3-7-13-21)24-15-9-8-14-22(24)26(23)20-10-4-2-5-11-20;1-16-13-14-21-19(15-16)22(17-9-5-4-6-10-17)18-11-7-8-12-20(18)23(21,2)3;1-16-11-14-21-18(15-16)13-12-17-7-5-6-10-20(17)22(21)19-8-3-2-4-9-19;1-14-11-12-19-17(13-14)20(15-7-3-2-4-8-15)16-9-5-6-10-18(16)21-19;1-12-7-10-16-14(11-12)9-8-13-5-3-4-6-15(13)17(16)2;1-10-6-5-9-12(13-10)11-7-3-2-4-8-11/h2-18,26H,1H3;4-15H,1-3H3;2-15H,1H3;2-13H,1H3;3-7,10-11H,8-9H2,1-2H3;2-9H,1H3. The number of para-hydroxylation sites is 9. The molecule has 0 radical (unpaired) electrons. The van der Waals surface area contributed by atoms with Crippen LogP contribution in [0.2, 0.25) is 13.1 Å². The van der Waals surface area contributed by atoms with Gasteiger partial charge in [-0.15, -0.1) is 0 Å². The van der Waals surface area contributed by atoms with E-state index < -0.39 is 8.07 Å². The number of rotatable bonds is 6. The zero-order valence-corrected chi connectivity index (χ0v) is 73.3. The SMILES string of the molecule is Cc1ccc2c(c1)C=Cc1ccccc1N2c1ccccc1.Cc1ccc2c(c1)CCc1ccccc1N2C.Cc1ccc2c(c1)N(c1ccccc1)c1ccccc1C2c1ccccc1.Cc1ccc2c(c1)N(c1ccccc1)c1ccccc1S2.Cc1ccc2c(c1)N(c1ccccc1)c1ccccc1[Si]2(C)C.Cc1cccc(-c2ccccc2)n1. The first kappa shape index (κ1) is 81.3. The molecule has 0 amide bonds. The molecule has 6 heterocycles. The summed E-state index contributed by atoms with van der Waals surface area (Å²) >= 11 is 1.85. The Morgan fingerprint density at radius 1 is 0.285 bits per heavy atom. The average Bonchev–Trinajstić information content (AvgIpc) is 0.794. The highest BCUT2D eigenvalue weighted by Gasteiger charge is 2.39. The number of fused-ring (bicyclic) bond motifs is 10. The molecule has 0 spiro atoms. The van der Waals surface area contributed by atoms with E-state index in [9.17, 15) is 0 Å². The van der Waals surface area contributed by atoms with Gasteiger partial charge in [-0.2, -0.15) is 0 Å². The molecule has 6 nitrogen and oxygen atoms in total. The monoisotopic (exact) mass is 1630 g/mol. The topological polar surface area (TPSA) is 29.1 Å². The van der Waals surface area contributed by atoms with Crippen molar-refractivity contribution in [1.29, 1.82) is 0 Å². The number of pyridine rings is 1. The van der Waals surface area contributed by atoms with Crippen molar-refractivity contribution in [3.05, 3.63) is 485 Å². The second-order valence-electron chi connectivity index (χ2n) is 32.7. The van der Waals surface area contributed by atoms with E-state index in [4.69, 9.17) is 0 Å². The molecular weight excluding hydrogens is 1530 g/mol. The largest absolute Gasteiger partial charge is 0.344 e. The van der Waals surface area contributed by atoms with Gasteiger partial charge in [0, 0.05) is 79.5 Å². The van der Waals surface area contributed by atoms with Gasteiger partial charge in [-0.25, -0.2) is 0 Å². The quantitative estimate of drug-likeness (QED) is 0.153. The molecule has 0 bridgehead atoms. The molecule has 17 aromatic rings. The summed E-state index contributed by atoms with van der Waals surface area (Å²) in [5, 5.41) is 3.03. The smallest absolute Gasteiger partial charge is 0.117 e. The van der Waals surface area contributed by atoms with E-state index in [-0.39, 0.29) is 5.92 Å². The summed E-state index contributed by atoms with van der Waals surface area (Å²) in [6.07, 6.45) is 6.69. The van der Waals surface area contributed by atoms with Crippen molar-refractivity contribution in [3.63, 3.8) is 0 Å². The molecule has 0 N–H and O–H groups in total. The number of hydrogen-bond donors (Lipinski definition) is 0. The first-order valence-corrected chi connectivity index (χ1v) is 46.5. The Morgan fingerprint density at radius 2 is 0.699 bits per heavy atom. The highest BCUT2D eigenvalue weighted by Crippen LogP contribution is 2.54. The number of benzene rings is 16. The minimum absolute atomic E-state index is 0.248. The zero-order chi connectivity index (χ0) is 84.3. The molecule has 0 aliphatic carbocycles. The van der Waals surface area contributed by atoms with Gasteiger partial charge in [0.15, 0.2) is 0 Å². The van der Waals surface area contributed by atoms with Crippen LogP contribution in [-0.4, -0.2) is 20.1 Å². The molecule has 8 heteroatoms. The van der Waals surface area contributed by atoms with Crippen LogP contribution >= 0.6 is 11.8 Å². The van der Waals surface area contributed by atoms with E-state index >= 15 is 0 Å². The Kier molecular flexibility index (Phi) is 24.4. The predicted octanol–water partition coefficient (Wildman–Crippen LogP) is 30.4. The zero-order valence-electron chi connectivity index (χ0n) is 71.5. The summed E-state index contributed by atoms with van der Waals surface area (Å²) in [6.45, 7) is 17.7. The fourth-order valence-electron chi connectivity index (χ4n) is 17.6. The van der Waals surface area contributed by atoms with E-state index in [0.29, 0.717) is 0 Å². The van der Waals surface area contributed by atoms with Gasteiger partial charge in [0.25, 0.3) is 0 Å². The molecule has 1 atom stereocenters. The second-order valence-corrected chi connectivity index (χ2v) is 38.1. The minimum Gasteiger partial charge on any atom is -0.344 e. The van der Waals surface area contributed by atoms with Gasteiger partial charge in [0.05, 0.1) is 39.8 Å². The van der Waals surface area contributed by atoms with Crippen LogP contribution in [0.3, 0.4) is 0 Å². The molecule has 0 saturated heterocycles. The van der Waals surface area contributed by atoms with Crippen LogP contribution < -0.4 is 34.9 Å². The van der Waals surface area contributed by atoms with E-state index in [1.807, 2.05) is 55.1 Å². The van der Waals surface area contributed by atoms with Gasteiger partial charge in [-0.3, -0.25) is 4.98 Å². The fraction of sp³-hybridized carbons (Fsp3) is 0.104. The van der Waals surface area contributed by atoms with Gasteiger partial charge in [-0.1, -0.05) is 321 Å². The summed E-state index contributed by atoms with van der Waals surface area (Å²) in [5.74, 6) is 0.248. The van der Waals surface area contributed by atoms with Crippen molar-refractivity contribution in [2.75, 3.05) is 31.5 Å². The first-order valence-electron chi connectivity index (χ1n) is 42.7. The number of aryl methyl sites for hydroxylation is 8. The van der Waals surface area contributed by atoms with Gasteiger partial charge in [-0.05, 0) is 260 Å². The van der Waals surface area contributed by atoms with Crippen molar-refractivity contribution in [3.8, 4) is 11.3 Å². The molecule has 602 valence electrons. The van der Waals surface area contributed by atoms with Gasteiger partial charge < -0.3 is 24.5 Å². The third-order valence-corrected chi connectivity index (χ3v) is 28.3. The Bertz CT molecular complexity index is 6580. The lowest BCUT2D eigenvalue weighted by Crippen LogP contribution is -2.58. The first-order chi connectivity index (χ1) is 60.2. The number of hydrogen-bond acceptors (Lipinski definition) is 7. The molecule has 0 fully saturated rings. The van der Waals surface area contributed by atoms with Crippen LogP contribution in [0.25, 0.3) is 23.4 Å². The highest BCUT2D eigenvalue weighted by atomic mass is 32.2. The molecular formula is C115H102N6SSi. The maximum absolute atomic E-state index is 4.44. The third-order valence-electron chi connectivity index (χ3n) is 23.6. The molecule has 16 aromatic carbocycles. The van der Waals surface area contributed by atoms with Crippen molar-refractivity contribution in [2.45, 2.75) is 83.2 Å². The molecule has 123 heavy (non-hydrogen) atoms. The summed E-state index contributed by atoms with van der Waals surface area (Å²) in [7, 11) is 0.494. The molecule has 22 rings (SSSR count). The highest BCUT2D eigenvalue weighted by molar-refractivity contribution is 7.99. The van der Waals surface area contributed by atoms with Crippen LogP contribution in [0, 0.1) is 41.5 Å². The lowest BCUT2D eigenvalue weighted by molar-refractivity contribution is 0.937. The van der Waals surface area contributed by atoms with Crippen LogP contribution in [0.4, 0.5) is 79.6 Å². The van der Waals surface area contributed by atoms with Crippen LogP contribution in [-0.2, 0) is 12.8 Å². The predicted molar refractivity (Wildman–Crippen MR) is 528 cm³/mol. The third kappa shape index (κ3) is 17.7. The van der Waals surface area contributed by atoms with Gasteiger partial charge >= 0.3 is 0 Å². The number of aromatic nitrogens is 1. The summed E-state index contributed by atoms with van der Waals surface area (Å²) in [5.41, 5.74) is 36.9. The van der Waals surface area contributed by atoms with E-state index in [1.54, 1.807) is 0 Å². The Morgan fingerprint density at radius 3 is 1.35 bits per heavy atom. The minimum atomic E-state index is -1.67. The van der Waals surface area contributed by atoms with Crippen LogP contribution in [0.15, 0.2) is 422 Å². The molecule has 1 unspecified atom stereocenters. The van der Waals surface area contributed by atoms with Gasteiger partial charge in [0.2, 0.25) is 0 Å². The maximum atomic E-state index is 4.44. The van der Waals surface area contributed by atoms with E-state index in [0.717, 1.165) is 24.2 Å². The molecule has 5 aliphatic heterocycles. The van der Waals surface area contributed by atoms with Crippen molar-refractivity contribution >= 4 is 122 Å².